The van der Waals surface area contributed by atoms with Gasteiger partial charge in [-0.15, -0.1) is 0 Å². The molecule has 0 fully saturated rings. The van der Waals surface area contributed by atoms with Gasteiger partial charge in [-0.3, -0.25) is 9.79 Å². The summed E-state index contributed by atoms with van der Waals surface area (Å²) in [6, 6.07) is 5.69. The van der Waals surface area contributed by atoms with Crippen LogP contribution in [0.4, 0.5) is 5.69 Å². The molecule has 16 heavy (non-hydrogen) atoms. The van der Waals surface area contributed by atoms with Crippen molar-refractivity contribution in [2.24, 2.45) is 4.99 Å². The van der Waals surface area contributed by atoms with Crippen LogP contribution in [0, 0.1) is 0 Å². The topological polar surface area (TPSA) is 41.5 Å². The normalized spacial score (nSPS) is 16.6. The Morgan fingerprint density at radius 1 is 1.38 bits per heavy atom. The number of hydrogen-bond donors (Lipinski definition) is 1. The summed E-state index contributed by atoms with van der Waals surface area (Å²) < 4.78 is 0. The minimum Gasteiger partial charge on any atom is -0.355 e. The van der Waals surface area contributed by atoms with Crippen LogP contribution in [0.1, 0.15) is 36.7 Å². The quantitative estimate of drug-likeness (QED) is 0.769. The second kappa shape index (κ2) is 3.44. The van der Waals surface area contributed by atoms with Gasteiger partial charge in [0.15, 0.2) is 0 Å². The van der Waals surface area contributed by atoms with E-state index >= 15 is 0 Å². The predicted octanol–water partition coefficient (Wildman–Crippen LogP) is 2.43. The molecule has 0 saturated carbocycles. The summed E-state index contributed by atoms with van der Waals surface area (Å²) in [6.45, 7) is 6.21. The Labute approximate surface area is 95.6 Å². The van der Waals surface area contributed by atoms with Crippen LogP contribution in [0.25, 0.3) is 0 Å². The smallest absolute Gasteiger partial charge is 0.251 e. The van der Waals surface area contributed by atoms with Crippen molar-refractivity contribution in [3.05, 3.63) is 29.3 Å². The van der Waals surface area contributed by atoms with Gasteiger partial charge in [0.2, 0.25) is 0 Å². The second-order valence-electron chi connectivity index (χ2n) is 4.60. The molecule has 0 aliphatic carbocycles. The van der Waals surface area contributed by atoms with Crippen LogP contribution in [0.5, 0.6) is 0 Å². The third kappa shape index (κ3) is 1.35. The van der Waals surface area contributed by atoms with Gasteiger partial charge in [0.05, 0.1) is 5.69 Å². The lowest BCUT2D eigenvalue weighted by atomic mass is 9.79. The van der Waals surface area contributed by atoms with Crippen molar-refractivity contribution >= 4 is 17.3 Å². The molecule has 3 heteroatoms. The van der Waals surface area contributed by atoms with Gasteiger partial charge in [-0.25, -0.2) is 0 Å². The molecule has 3 nitrogen and oxygen atoms in total. The molecule has 0 spiro atoms. The van der Waals surface area contributed by atoms with Gasteiger partial charge in [0.1, 0.15) is 0 Å². The average molecular weight is 216 g/mol. The van der Waals surface area contributed by atoms with E-state index in [1.54, 1.807) is 7.05 Å². The Balaban J connectivity index is 2.66. The highest BCUT2D eigenvalue weighted by Crippen LogP contribution is 2.41. The lowest BCUT2D eigenvalue weighted by Crippen LogP contribution is -2.28. The fourth-order valence-corrected chi connectivity index (χ4v) is 2.12. The van der Waals surface area contributed by atoms with Crippen LogP contribution in [0.2, 0.25) is 0 Å². The number of nitrogens with zero attached hydrogens (tertiary/aromatic N) is 1. The van der Waals surface area contributed by atoms with Crippen molar-refractivity contribution in [2.45, 2.75) is 26.2 Å². The predicted molar refractivity (Wildman–Crippen MR) is 65.6 cm³/mol. The summed E-state index contributed by atoms with van der Waals surface area (Å²) in [7, 11) is 1.65. The fraction of sp³-hybridized carbons (Fsp3) is 0.385. The first-order chi connectivity index (χ1) is 7.48. The molecule has 0 radical (unpaired) electrons. The number of carbonyl (C=O) groups is 1. The van der Waals surface area contributed by atoms with Crippen LogP contribution in [0.3, 0.4) is 0 Å². The molecule has 0 atom stereocenters. The molecular formula is C13H16N2O. The number of fused-ring (bicyclic) bond motifs is 1. The molecule has 2 rings (SSSR count). The lowest BCUT2D eigenvalue weighted by Gasteiger charge is -2.22. The van der Waals surface area contributed by atoms with E-state index in [0.29, 0.717) is 0 Å². The number of amides is 1. The summed E-state index contributed by atoms with van der Waals surface area (Å²) in [5, 5.41) is 2.67. The van der Waals surface area contributed by atoms with Crippen molar-refractivity contribution in [3.63, 3.8) is 0 Å². The number of benzene rings is 1. The molecule has 84 valence electrons. The van der Waals surface area contributed by atoms with Crippen LogP contribution in [-0.2, 0) is 5.41 Å². The zero-order valence-electron chi connectivity index (χ0n) is 10.1. The molecule has 0 aromatic heterocycles. The summed E-state index contributed by atoms with van der Waals surface area (Å²) in [5.41, 5.74) is 3.58. The maximum absolute atomic E-state index is 11.8. The van der Waals surface area contributed by atoms with E-state index < -0.39 is 0 Å². The van der Waals surface area contributed by atoms with E-state index in [4.69, 9.17) is 0 Å². The number of rotatable bonds is 1. The zero-order valence-corrected chi connectivity index (χ0v) is 10.1. The molecule has 1 heterocycles. The highest BCUT2D eigenvalue weighted by molar-refractivity contribution is 6.06. The van der Waals surface area contributed by atoms with Gasteiger partial charge in [-0.2, -0.15) is 0 Å². The van der Waals surface area contributed by atoms with Gasteiger partial charge in [0, 0.05) is 29.3 Å². The number of carbonyl (C=O) groups excluding carboxylic acids is 1. The molecule has 1 amide bonds. The van der Waals surface area contributed by atoms with E-state index in [1.165, 1.54) is 0 Å². The Hall–Kier alpha value is -1.64. The number of hydrogen-bond acceptors (Lipinski definition) is 2. The third-order valence-corrected chi connectivity index (χ3v) is 3.33. The second-order valence-corrected chi connectivity index (χ2v) is 4.60. The Bertz CT molecular complexity index is 487. The monoisotopic (exact) mass is 216 g/mol. The minimum absolute atomic E-state index is 0.0465. The molecule has 1 N–H and O–H groups in total. The molecule has 0 unspecified atom stereocenters. The standard InChI is InChI=1S/C13H16N2O/c1-8-13(2,3)11-9(12(16)14-4)6-5-7-10(11)15-8/h5-7H,1-4H3,(H,14,16). The SMILES string of the molecule is CNC(=O)c1cccc2c1C(C)(C)C(C)=N2. The summed E-state index contributed by atoms with van der Waals surface area (Å²) in [6.07, 6.45) is 0. The maximum atomic E-state index is 11.8. The summed E-state index contributed by atoms with van der Waals surface area (Å²) in [4.78, 5) is 16.3. The van der Waals surface area contributed by atoms with Gasteiger partial charge < -0.3 is 5.32 Å². The first-order valence-corrected chi connectivity index (χ1v) is 5.40. The van der Waals surface area contributed by atoms with Crippen molar-refractivity contribution in [1.29, 1.82) is 0 Å². The maximum Gasteiger partial charge on any atom is 0.251 e. The first kappa shape index (κ1) is 10.9. The molecule has 1 aromatic carbocycles. The van der Waals surface area contributed by atoms with Crippen LogP contribution in [-0.4, -0.2) is 18.7 Å². The van der Waals surface area contributed by atoms with E-state index in [0.717, 1.165) is 22.5 Å². The molecule has 1 aliphatic rings. The van der Waals surface area contributed by atoms with Crippen LogP contribution < -0.4 is 5.32 Å². The molecule has 1 aliphatic heterocycles. The summed E-state index contributed by atoms with van der Waals surface area (Å²) in [5.74, 6) is -0.0465. The van der Waals surface area contributed by atoms with Crippen molar-refractivity contribution in [3.8, 4) is 0 Å². The Morgan fingerprint density at radius 3 is 2.69 bits per heavy atom. The summed E-state index contributed by atoms with van der Waals surface area (Å²) >= 11 is 0. The lowest BCUT2D eigenvalue weighted by molar-refractivity contribution is 0.0961. The highest BCUT2D eigenvalue weighted by Gasteiger charge is 2.35. The van der Waals surface area contributed by atoms with Crippen molar-refractivity contribution in [1.82, 2.24) is 5.32 Å². The minimum atomic E-state index is -0.154. The fourth-order valence-electron chi connectivity index (χ4n) is 2.12. The van der Waals surface area contributed by atoms with E-state index in [9.17, 15) is 4.79 Å². The van der Waals surface area contributed by atoms with Gasteiger partial charge >= 0.3 is 0 Å². The van der Waals surface area contributed by atoms with E-state index in [2.05, 4.69) is 24.2 Å². The van der Waals surface area contributed by atoms with Gasteiger partial charge in [-0.05, 0) is 19.1 Å². The van der Waals surface area contributed by atoms with Crippen molar-refractivity contribution < 1.29 is 4.79 Å². The van der Waals surface area contributed by atoms with E-state index in [-0.39, 0.29) is 11.3 Å². The van der Waals surface area contributed by atoms with Gasteiger partial charge in [-0.1, -0.05) is 19.9 Å². The van der Waals surface area contributed by atoms with Crippen LogP contribution >= 0.6 is 0 Å². The van der Waals surface area contributed by atoms with Crippen molar-refractivity contribution in [2.75, 3.05) is 7.05 Å². The third-order valence-electron chi connectivity index (χ3n) is 3.33. The molecule has 0 bridgehead atoms. The number of nitrogens with one attached hydrogen (secondary N) is 1. The molecular weight excluding hydrogens is 200 g/mol. The van der Waals surface area contributed by atoms with Crippen LogP contribution in [0.15, 0.2) is 23.2 Å². The van der Waals surface area contributed by atoms with E-state index in [1.807, 2.05) is 25.1 Å². The molecule has 1 aromatic rings. The Kier molecular flexibility index (Phi) is 2.34. The van der Waals surface area contributed by atoms with Gasteiger partial charge in [0.25, 0.3) is 5.91 Å². The average Bonchev–Trinajstić information content (AvgIpc) is 2.49. The first-order valence-electron chi connectivity index (χ1n) is 5.40. The largest absolute Gasteiger partial charge is 0.355 e. The highest BCUT2D eigenvalue weighted by atomic mass is 16.1. The molecule has 0 saturated heterocycles. The Morgan fingerprint density at radius 2 is 2.06 bits per heavy atom. The zero-order chi connectivity index (χ0) is 11.9. The number of aliphatic imine (C=N–C) groups is 1.